The average molecular weight is 245 g/mol. The maximum atomic E-state index is 5.52. The Labute approximate surface area is 110 Å². The van der Waals surface area contributed by atoms with Gasteiger partial charge in [0.15, 0.2) is 0 Å². The second kappa shape index (κ2) is 6.17. The van der Waals surface area contributed by atoms with E-state index < -0.39 is 0 Å². The Morgan fingerprint density at radius 2 is 1.94 bits per heavy atom. The molecule has 2 rings (SSSR count). The van der Waals surface area contributed by atoms with Gasteiger partial charge in [-0.2, -0.15) is 0 Å². The second-order valence-corrected chi connectivity index (χ2v) is 5.39. The molecule has 18 heavy (non-hydrogen) atoms. The van der Waals surface area contributed by atoms with Crippen molar-refractivity contribution in [2.24, 2.45) is 0 Å². The summed E-state index contributed by atoms with van der Waals surface area (Å²) in [5.74, 6) is 0.595. The fourth-order valence-electron chi connectivity index (χ4n) is 2.16. The summed E-state index contributed by atoms with van der Waals surface area (Å²) in [5, 5.41) is 3.50. The first-order valence-electron chi connectivity index (χ1n) is 6.77. The third-order valence-electron chi connectivity index (χ3n) is 3.29. The van der Waals surface area contributed by atoms with Crippen LogP contribution in [0.25, 0.3) is 6.08 Å². The van der Waals surface area contributed by atoms with Gasteiger partial charge in [0.25, 0.3) is 0 Å². The Morgan fingerprint density at radius 1 is 1.22 bits per heavy atom. The fraction of sp³-hybridized carbons (Fsp3) is 0.500. The van der Waals surface area contributed by atoms with Crippen molar-refractivity contribution in [3.05, 3.63) is 41.5 Å². The molecule has 1 fully saturated rings. The monoisotopic (exact) mass is 245 g/mol. The molecule has 0 aromatic heterocycles. The lowest BCUT2D eigenvalue weighted by Gasteiger charge is -2.26. The molecule has 0 amide bonds. The molecule has 2 unspecified atom stereocenters. The van der Waals surface area contributed by atoms with Crippen LogP contribution in [0.1, 0.15) is 37.8 Å². The van der Waals surface area contributed by atoms with Gasteiger partial charge in [-0.1, -0.05) is 50.3 Å². The smallest absolute Gasteiger partial charge is 0.0656 e. The molecule has 2 atom stereocenters. The van der Waals surface area contributed by atoms with E-state index in [4.69, 9.17) is 4.74 Å². The molecule has 0 saturated carbocycles. The lowest BCUT2D eigenvalue weighted by molar-refractivity contribution is 0.0637. The highest BCUT2D eigenvalue weighted by Gasteiger charge is 2.15. The number of hydrogen-bond acceptors (Lipinski definition) is 2. The van der Waals surface area contributed by atoms with Crippen LogP contribution < -0.4 is 5.32 Å². The van der Waals surface area contributed by atoms with Gasteiger partial charge in [-0.05, 0) is 24.0 Å². The summed E-state index contributed by atoms with van der Waals surface area (Å²) in [5.41, 5.74) is 2.64. The molecular weight excluding hydrogens is 222 g/mol. The van der Waals surface area contributed by atoms with Crippen LogP contribution in [0.2, 0.25) is 0 Å². The molecule has 1 N–H and O–H groups in total. The first-order valence-corrected chi connectivity index (χ1v) is 6.77. The number of benzene rings is 1. The molecule has 98 valence electrons. The summed E-state index contributed by atoms with van der Waals surface area (Å²) in [6.07, 6.45) is 4.36. The minimum absolute atomic E-state index is 0.332. The average Bonchev–Trinajstić information content (AvgIpc) is 2.37. The van der Waals surface area contributed by atoms with Crippen molar-refractivity contribution < 1.29 is 4.74 Å². The third kappa shape index (κ3) is 3.69. The quantitative estimate of drug-likeness (QED) is 0.883. The molecule has 1 aromatic carbocycles. The summed E-state index contributed by atoms with van der Waals surface area (Å²) in [6, 6.07) is 9.54. The second-order valence-electron chi connectivity index (χ2n) is 5.39. The van der Waals surface area contributed by atoms with Crippen LogP contribution in [-0.2, 0) is 4.74 Å². The van der Waals surface area contributed by atoms with Gasteiger partial charge in [0.1, 0.15) is 0 Å². The zero-order valence-corrected chi connectivity index (χ0v) is 11.5. The minimum atomic E-state index is 0.332. The molecule has 1 aliphatic heterocycles. The zero-order chi connectivity index (χ0) is 13.0. The van der Waals surface area contributed by atoms with E-state index in [9.17, 15) is 0 Å². The van der Waals surface area contributed by atoms with Crippen LogP contribution in [0.4, 0.5) is 0 Å². The van der Waals surface area contributed by atoms with Crippen molar-refractivity contribution in [3.63, 3.8) is 0 Å². The van der Waals surface area contributed by atoms with E-state index in [0.717, 1.165) is 13.2 Å². The summed E-state index contributed by atoms with van der Waals surface area (Å²) >= 11 is 0. The minimum Gasteiger partial charge on any atom is -0.378 e. The Hall–Kier alpha value is -1.12. The van der Waals surface area contributed by atoms with E-state index in [1.807, 2.05) is 0 Å². The van der Waals surface area contributed by atoms with Gasteiger partial charge >= 0.3 is 0 Å². The summed E-state index contributed by atoms with van der Waals surface area (Å²) in [6.45, 7) is 8.17. The largest absolute Gasteiger partial charge is 0.378 e. The molecule has 0 spiro atoms. The lowest BCUT2D eigenvalue weighted by Crippen LogP contribution is -2.46. The molecule has 1 aliphatic rings. The number of nitrogens with one attached hydrogen (secondary N) is 1. The van der Waals surface area contributed by atoms with E-state index in [1.54, 1.807) is 0 Å². The third-order valence-corrected chi connectivity index (χ3v) is 3.29. The summed E-state index contributed by atoms with van der Waals surface area (Å²) < 4.78 is 5.52. The number of morpholine rings is 1. The molecule has 0 radical (unpaired) electrons. The highest BCUT2D eigenvalue weighted by Crippen LogP contribution is 2.15. The van der Waals surface area contributed by atoms with Gasteiger partial charge in [0.05, 0.1) is 13.2 Å². The molecule has 0 aliphatic carbocycles. The van der Waals surface area contributed by atoms with Crippen LogP contribution >= 0.6 is 0 Å². The fourth-order valence-corrected chi connectivity index (χ4v) is 2.16. The Balaban J connectivity index is 1.96. The number of rotatable bonds is 3. The first-order chi connectivity index (χ1) is 8.65. The van der Waals surface area contributed by atoms with E-state index in [-0.39, 0.29) is 0 Å². The summed E-state index contributed by atoms with van der Waals surface area (Å²) in [7, 11) is 0. The number of hydrogen-bond donors (Lipinski definition) is 1. The maximum Gasteiger partial charge on any atom is 0.0656 e. The van der Waals surface area contributed by atoms with Gasteiger partial charge in [-0.25, -0.2) is 0 Å². The van der Waals surface area contributed by atoms with Crippen LogP contribution in [0.15, 0.2) is 30.3 Å². The molecule has 1 aromatic rings. The predicted molar refractivity (Wildman–Crippen MR) is 76.8 cm³/mol. The van der Waals surface area contributed by atoms with Crippen molar-refractivity contribution in [3.8, 4) is 0 Å². The number of ether oxygens (including phenoxy) is 1. The highest BCUT2D eigenvalue weighted by atomic mass is 16.5. The SMILES string of the molecule is CC1COCC(/C=C/c2ccc(C(C)C)cc2)N1. The van der Waals surface area contributed by atoms with Gasteiger partial charge < -0.3 is 10.1 Å². The Bertz CT molecular complexity index is 394. The van der Waals surface area contributed by atoms with Crippen molar-refractivity contribution in [2.45, 2.75) is 38.8 Å². The van der Waals surface area contributed by atoms with E-state index in [2.05, 4.69) is 62.5 Å². The molecule has 2 heteroatoms. The molecule has 1 saturated heterocycles. The van der Waals surface area contributed by atoms with Gasteiger partial charge in [0.2, 0.25) is 0 Å². The lowest BCUT2D eigenvalue weighted by atomic mass is 10.0. The van der Waals surface area contributed by atoms with Crippen LogP contribution in [0.3, 0.4) is 0 Å². The van der Waals surface area contributed by atoms with Gasteiger partial charge in [-0.3, -0.25) is 0 Å². The molecule has 2 nitrogen and oxygen atoms in total. The van der Waals surface area contributed by atoms with Crippen LogP contribution in [0.5, 0.6) is 0 Å². The summed E-state index contributed by atoms with van der Waals surface area (Å²) in [4.78, 5) is 0. The topological polar surface area (TPSA) is 21.3 Å². The molecular formula is C16H23NO. The Kier molecular flexibility index (Phi) is 4.56. The van der Waals surface area contributed by atoms with E-state index in [1.165, 1.54) is 11.1 Å². The van der Waals surface area contributed by atoms with Crippen molar-refractivity contribution in [1.29, 1.82) is 0 Å². The first kappa shape index (κ1) is 13.3. The molecule has 0 bridgehead atoms. The van der Waals surface area contributed by atoms with Gasteiger partial charge in [-0.15, -0.1) is 0 Å². The molecule has 1 heterocycles. The van der Waals surface area contributed by atoms with Crippen molar-refractivity contribution in [2.75, 3.05) is 13.2 Å². The standard InChI is InChI=1S/C16H23NO/c1-12(2)15-7-4-14(5-8-15)6-9-16-11-18-10-13(3)17-16/h4-9,12-13,16-17H,10-11H2,1-3H3/b9-6+. The van der Waals surface area contributed by atoms with E-state index in [0.29, 0.717) is 18.0 Å². The predicted octanol–water partition coefficient (Wildman–Crippen LogP) is 3.20. The highest BCUT2D eigenvalue weighted by molar-refractivity contribution is 5.50. The van der Waals surface area contributed by atoms with Gasteiger partial charge in [0, 0.05) is 12.1 Å². The van der Waals surface area contributed by atoms with Crippen LogP contribution in [-0.4, -0.2) is 25.3 Å². The van der Waals surface area contributed by atoms with Crippen molar-refractivity contribution in [1.82, 2.24) is 5.32 Å². The normalized spacial score (nSPS) is 24.9. The van der Waals surface area contributed by atoms with E-state index >= 15 is 0 Å². The van der Waals surface area contributed by atoms with Crippen LogP contribution in [0, 0.1) is 0 Å². The Morgan fingerprint density at radius 3 is 2.56 bits per heavy atom. The zero-order valence-electron chi connectivity index (χ0n) is 11.5. The van der Waals surface area contributed by atoms with Crippen molar-refractivity contribution >= 4 is 6.08 Å². The maximum absolute atomic E-state index is 5.52.